The van der Waals surface area contributed by atoms with Gasteiger partial charge in [0, 0.05) is 53.9 Å². The maximum absolute atomic E-state index is 14.4. The number of carbonyl (C=O) groups is 2. The molecule has 0 aromatic rings. The molecular weight excluding hydrogens is 655 g/mol. The fraction of sp³-hybridized carbons (Fsp3) is 0.846. The summed E-state index contributed by atoms with van der Waals surface area (Å²) in [6.45, 7) is 18.3. The third-order valence-corrected chi connectivity index (χ3v) is 16.0. The maximum Gasteiger partial charge on any atom is 0.232 e. The van der Waals surface area contributed by atoms with Gasteiger partial charge >= 0.3 is 0 Å². The molecule has 1 amide bonds. The van der Waals surface area contributed by atoms with Gasteiger partial charge in [-0.05, 0) is 74.2 Å². The summed E-state index contributed by atoms with van der Waals surface area (Å²) >= 11 is 0. The van der Waals surface area contributed by atoms with Gasteiger partial charge in [0.1, 0.15) is 25.8 Å². The lowest BCUT2D eigenvalue weighted by Gasteiger charge is -2.40. The highest BCUT2D eigenvalue weighted by Gasteiger charge is 2.59. The number of likely N-dealkylation sites (tertiary alicyclic amines) is 1. The summed E-state index contributed by atoms with van der Waals surface area (Å²) in [5.41, 5.74) is 2.39. The van der Waals surface area contributed by atoms with Gasteiger partial charge in [0.15, 0.2) is 14.1 Å². The molecule has 10 atom stereocenters. The lowest BCUT2D eigenvalue weighted by molar-refractivity contribution is -0.166. The van der Waals surface area contributed by atoms with Gasteiger partial charge in [0.25, 0.3) is 0 Å². The van der Waals surface area contributed by atoms with Gasteiger partial charge in [-0.25, -0.2) is 0 Å². The fourth-order valence-corrected chi connectivity index (χ4v) is 11.1. The topological polar surface area (TPSA) is 102 Å². The number of ether oxygens (including phenoxy) is 6. The van der Waals surface area contributed by atoms with Gasteiger partial charge in [-0.2, -0.15) is 0 Å². The molecule has 0 aromatic carbocycles. The molecule has 1 heterocycles. The number of rotatable bonds is 23. The number of hydrogen-bond acceptors (Lipinski definition) is 9. The molecule has 11 heteroatoms. The molecule has 0 spiro atoms. The quantitative estimate of drug-likeness (QED) is 0.0476. The number of ketones is 1. The van der Waals surface area contributed by atoms with Crippen LogP contribution in [0.3, 0.4) is 0 Å². The number of methoxy groups -OCH3 is 4. The summed E-state index contributed by atoms with van der Waals surface area (Å²) in [6.07, 6.45) is 5.67. The summed E-state index contributed by atoms with van der Waals surface area (Å²) in [6, 6.07) is 3.20. The first-order chi connectivity index (χ1) is 23.8. The first kappa shape index (κ1) is 44.7. The van der Waals surface area contributed by atoms with Crippen molar-refractivity contribution in [2.24, 2.45) is 29.6 Å². The first-order valence-electron chi connectivity index (χ1n) is 18.9. The summed E-state index contributed by atoms with van der Waals surface area (Å²) in [5, 5.41) is 0. The zero-order valence-corrected chi connectivity index (χ0v) is 34.6. The lowest BCUT2D eigenvalue weighted by atomic mass is 9.75. The van der Waals surface area contributed by atoms with Gasteiger partial charge in [-0.15, -0.1) is 0 Å². The Morgan fingerprint density at radius 3 is 1.86 bits per heavy atom. The standard InChI is InChI=1S/C39H71NO9Si/c1-14-26(5)21-27(6)22-29(8)34(49-50(15-2,16-3)17-4)28(7)19-18-20-30-33(41)31(23-40(9)39(30)42)32-35(47-24-43-10)37(45-12)38(46-13)36(32)48-25-44-11/h19,22,26-27,30-32,34-38H,14-18,20-21,23-25H2,1-13H3/b28-19+,29-22+/t26-,27+,30?,31?,32?,34+,35-,36+,37-,38+/m1/s1. The van der Waals surface area contributed by atoms with E-state index in [4.69, 9.17) is 32.8 Å². The Kier molecular flexibility index (Phi) is 19.6. The average molecular weight is 726 g/mol. The van der Waals surface area contributed by atoms with Crippen LogP contribution in [0.15, 0.2) is 23.3 Å². The highest BCUT2D eigenvalue weighted by atomic mass is 28.4. The van der Waals surface area contributed by atoms with Crippen molar-refractivity contribution in [3.05, 3.63) is 23.3 Å². The Morgan fingerprint density at radius 1 is 0.860 bits per heavy atom. The van der Waals surface area contributed by atoms with E-state index in [1.807, 2.05) is 0 Å². The number of Topliss-reactive ketones (excluding diaryl/α,β-unsaturated/α-hetero) is 1. The monoisotopic (exact) mass is 725 g/mol. The summed E-state index contributed by atoms with van der Waals surface area (Å²) in [7, 11) is 6.14. The Hall–Kier alpha value is -1.44. The van der Waals surface area contributed by atoms with Crippen LogP contribution in [0, 0.1) is 29.6 Å². The van der Waals surface area contributed by atoms with E-state index in [0.717, 1.165) is 30.1 Å². The van der Waals surface area contributed by atoms with Crippen LogP contribution >= 0.6 is 0 Å². The molecule has 0 N–H and O–H groups in total. The SMILES string of the molecule is CC[C@@H](C)C[C@H](C)/C=C(\C)[C@@H](O[Si](CC)(CC)CC)/C(C)=C/CCC1C(=O)C(C2[C@@H](OCOC)[C@@H](OC)[C@@H](OC)[C@H]2OCOC)CN(C)C1=O. The highest BCUT2D eigenvalue weighted by Crippen LogP contribution is 2.43. The van der Waals surface area contributed by atoms with E-state index in [2.05, 4.69) is 67.5 Å². The molecule has 1 saturated heterocycles. The van der Waals surface area contributed by atoms with Crippen molar-refractivity contribution in [1.82, 2.24) is 4.90 Å². The molecule has 1 saturated carbocycles. The molecule has 50 heavy (non-hydrogen) atoms. The molecule has 1 aliphatic heterocycles. The Bertz CT molecular complexity index is 1070. The molecule has 0 bridgehead atoms. The number of allylic oxidation sites excluding steroid dienone is 2. The average Bonchev–Trinajstić information content (AvgIpc) is 3.41. The summed E-state index contributed by atoms with van der Waals surface area (Å²) in [5.74, 6) is -0.897. The van der Waals surface area contributed by atoms with Crippen LogP contribution in [0.25, 0.3) is 0 Å². The van der Waals surface area contributed by atoms with Gasteiger partial charge in [-0.3, -0.25) is 9.59 Å². The molecular formula is C39H71NO9Si. The molecule has 0 aromatic heterocycles. The first-order valence-corrected chi connectivity index (χ1v) is 21.4. The van der Waals surface area contributed by atoms with Crippen molar-refractivity contribution < 1.29 is 42.4 Å². The minimum atomic E-state index is -1.93. The van der Waals surface area contributed by atoms with E-state index in [9.17, 15) is 9.59 Å². The number of amides is 1. The predicted octanol–water partition coefficient (Wildman–Crippen LogP) is 7.03. The smallest absolute Gasteiger partial charge is 0.232 e. The van der Waals surface area contributed by atoms with Crippen molar-refractivity contribution in [3.8, 4) is 0 Å². The van der Waals surface area contributed by atoms with Crippen LogP contribution in [-0.4, -0.2) is 111 Å². The molecule has 3 unspecified atom stereocenters. The van der Waals surface area contributed by atoms with E-state index in [-0.39, 0.29) is 37.9 Å². The normalized spacial score (nSPS) is 28.7. The Labute approximate surface area is 305 Å². The predicted molar refractivity (Wildman–Crippen MR) is 200 cm³/mol. The van der Waals surface area contributed by atoms with E-state index in [1.165, 1.54) is 12.0 Å². The molecule has 2 rings (SSSR count). The summed E-state index contributed by atoms with van der Waals surface area (Å²) < 4.78 is 41.7. The van der Waals surface area contributed by atoms with E-state index < -0.39 is 50.5 Å². The van der Waals surface area contributed by atoms with Crippen LogP contribution < -0.4 is 0 Å². The minimum absolute atomic E-state index is 0.0172. The van der Waals surface area contributed by atoms with Gasteiger partial charge in [-0.1, -0.05) is 60.1 Å². The summed E-state index contributed by atoms with van der Waals surface area (Å²) in [4.78, 5) is 29.7. The minimum Gasteiger partial charge on any atom is -0.407 e. The zero-order chi connectivity index (χ0) is 37.6. The number of nitrogens with zero attached hydrogens (tertiary/aromatic N) is 1. The Morgan fingerprint density at radius 2 is 1.40 bits per heavy atom. The van der Waals surface area contributed by atoms with Gasteiger partial charge < -0.3 is 37.7 Å². The second-order valence-electron chi connectivity index (χ2n) is 14.7. The van der Waals surface area contributed by atoms with Gasteiger partial charge in [0.2, 0.25) is 5.91 Å². The molecule has 0 radical (unpaired) electrons. The second-order valence-corrected chi connectivity index (χ2v) is 19.5. The van der Waals surface area contributed by atoms with Crippen LogP contribution in [0.1, 0.15) is 81.1 Å². The van der Waals surface area contributed by atoms with E-state index in [1.54, 1.807) is 40.4 Å². The van der Waals surface area contributed by atoms with Crippen LogP contribution in [-0.2, 0) is 42.4 Å². The largest absolute Gasteiger partial charge is 0.407 e. The number of hydrogen-bond donors (Lipinski definition) is 0. The lowest BCUT2D eigenvalue weighted by Crippen LogP contribution is -2.55. The third-order valence-electron chi connectivity index (χ3n) is 11.4. The number of piperidine rings is 1. The number of carbonyl (C=O) groups excluding carboxylic acids is 2. The van der Waals surface area contributed by atoms with E-state index >= 15 is 0 Å². The molecule has 1 aliphatic carbocycles. The van der Waals surface area contributed by atoms with Crippen molar-refractivity contribution in [3.63, 3.8) is 0 Å². The van der Waals surface area contributed by atoms with Gasteiger partial charge in [0.05, 0.1) is 24.2 Å². The third kappa shape index (κ3) is 11.3. The molecule has 290 valence electrons. The van der Waals surface area contributed by atoms with Crippen LogP contribution in [0.4, 0.5) is 0 Å². The van der Waals surface area contributed by atoms with E-state index in [0.29, 0.717) is 24.7 Å². The zero-order valence-electron chi connectivity index (χ0n) is 33.6. The molecule has 2 fully saturated rings. The van der Waals surface area contributed by atoms with Crippen molar-refractivity contribution in [2.45, 2.75) is 130 Å². The maximum atomic E-state index is 14.4. The van der Waals surface area contributed by atoms with Crippen molar-refractivity contribution in [2.75, 3.05) is 55.6 Å². The van der Waals surface area contributed by atoms with Crippen LogP contribution in [0.5, 0.6) is 0 Å². The Balaban J connectivity index is 2.42. The molecule has 10 nitrogen and oxygen atoms in total. The van der Waals surface area contributed by atoms with Crippen molar-refractivity contribution >= 4 is 20.0 Å². The second kappa shape index (κ2) is 21.9. The van der Waals surface area contributed by atoms with Crippen molar-refractivity contribution in [1.29, 1.82) is 0 Å². The molecule has 2 aliphatic rings. The van der Waals surface area contributed by atoms with Crippen LogP contribution in [0.2, 0.25) is 18.1 Å². The highest BCUT2D eigenvalue weighted by molar-refractivity contribution is 6.73. The fourth-order valence-electron chi connectivity index (χ4n) is 8.18.